The summed E-state index contributed by atoms with van der Waals surface area (Å²) in [5, 5.41) is 0. The highest BCUT2D eigenvalue weighted by molar-refractivity contribution is 6.30. The van der Waals surface area contributed by atoms with Gasteiger partial charge in [0.2, 0.25) is 9.76 Å². The van der Waals surface area contributed by atoms with Gasteiger partial charge in [-0.05, 0) is 44.7 Å². The molecule has 0 saturated carbocycles. The third kappa shape index (κ3) is 7.04. The lowest BCUT2D eigenvalue weighted by atomic mass is 10.1. The van der Waals surface area contributed by atoms with Crippen LogP contribution in [-0.2, 0) is 20.3 Å². The first-order chi connectivity index (χ1) is 10.1. The highest BCUT2D eigenvalue weighted by Crippen LogP contribution is 2.12. The molecule has 0 radical (unpaired) electrons. The second-order valence-corrected chi connectivity index (χ2v) is 7.09. The van der Waals surface area contributed by atoms with Crippen molar-refractivity contribution in [1.82, 2.24) is 0 Å². The minimum atomic E-state index is -0.866. The van der Waals surface area contributed by atoms with Gasteiger partial charge in [0.15, 0.2) is 5.41 Å². The summed E-state index contributed by atoms with van der Waals surface area (Å²) in [5.74, 6) is 0. The molecule has 0 aromatic heterocycles. The molecule has 0 amide bonds. The van der Waals surface area contributed by atoms with E-state index in [-0.39, 0.29) is 0 Å². The molecule has 0 bridgehead atoms. The summed E-state index contributed by atoms with van der Waals surface area (Å²) in [6, 6.07) is 8.46. The second kappa shape index (κ2) is 9.90. The predicted molar refractivity (Wildman–Crippen MR) is 91.0 cm³/mol. The molecule has 0 aliphatic carbocycles. The van der Waals surface area contributed by atoms with E-state index < -0.39 is 15.2 Å². The topological polar surface area (TPSA) is 27.7 Å². The highest BCUT2D eigenvalue weighted by atomic mass is 28.2. The molecular weight excluding hydrogens is 280 g/mol. The minimum absolute atomic E-state index is 0.494. The van der Waals surface area contributed by atoms with Crippen molar-refractivity contribution in [1.29, 1.82) is 0 Å². The Morgan fingerprint density at radius 1 is 1.24 bits per heavy atom. The summed E-state index contributed by atoms with van der Waals surface area (Å²) in [6.45, 7) is 11.8. The molecule has 0 unspecified atom stereocenters. The summed E-state index contributed by atoms with van der Waals surface area (Å²) in [5.41, 5.74) is 2.00. The molecule has 0 atom stereocenters. The molecule has 0 spiro atoms. The van der Waals surface area contributed by atoms with E-state index in [0.717, 1.165) is 19.4 Å². The van der Waals surface area contributed by atoms with Gasteiger partial charge in [0.1, 0.15) is 0 Å². The van der Waals surface area contributed by atoms with Crippen molar-refractivity contribution in [3.05, 3.63) is 42.0 Å². The van der Waals surface area contributed by atoms with Crippen LogP contribution < -0.4 is 0 Å². The van der Waals surface area contributed by atoms with E-state index in [9.17, 15) is 0 Å². The Labute approximate surface area is 131 Å². The molecule has 1 rings (SSSR count). The van der Waals surface area contributed by atoms with Crippen LogP contribution in [0.25, 0.3) is 6.08 Å². The fourth-order valence-corrected chi connectivity index (χ4v) is 3.54. The maximum absolute atomic E-state index is 5.85. The lowest BCUT2D eigenvalue weighted by molar-refractivity contribution is -0.169. The van der Waals surface area contributed by atoms with E-state index in [1.54, 1.807) is 0 Å². The standard InChI is InChI=1S/C17H28O3Si/c1-5-15-10-8-11-16(14-15)12-9-13-20-21-17(4,18-6-2)19-7-3/h5,8,10-11,14H,1,6-7,9,12-13,21H2,2-4H3. The monoisotopic (exact) mass is 308 g/mol. The smallest absolute Gasteiger partial charge is 0.227 e. The van der Waals surface area contributed by atoms with Gasteiger partial charge in [-0.2, -0.15) is 0 Å². The zero-order chi connectivity index (χ0) is 15.6. The average Bonchev–Trinajstić information content (AvgIpc) is 2.47. The molecule has 0 heterocycles. The van der Waals surface area contributed by atoms with E-state index in [2.05, 4.69) is 30.8 Å². The summed E-state index contributed by atoms with van der Waals surface area (Å²) >= 11 is 0. The molecule has 0 aliphatic heterocycles. The van der Waals surface area contributed by atoms with Crippen LogP contribution in [0.2, 0.25) is 0 Å². The first-order valence-electron chi connectivity index (χ1n) is 7.70. The maximum atomic E-state index is 5.85. The summed E-state index contributed by atoms with van der Waals surface area (Å²) in [4.78, 5) is 0. The number of rotatable bonds is 11. The lowest BCUT2D eigenvalue weighted by Gasteiger charge is -2.28. The Morgan fingerprint density at radius 2 is 1.95 bits per heavy atom. The van der Waals surface area contributed by atoms with Gasteiger partial charge in [-0.15, -0.1) is 0 Å². The van der Waals surface area contributed by atoms with Crippen molar-refractivity contribution in [2.45, 2.75) is 39.0 Å². The second-order valence-electron chi connectivity index (χ2n) is 5.11. The fourth-order valence-electron chi connectivity index (χ4n) is 2.25. The van der Waals surface area contributed by atoms with Crippen molar-refractivity contribution in [2.75, 3.05) is 19.8 Å². The largest absolute Gasteiger partial charge is 0.418 e. The summed E-state index contributed by atoms with van der Waals surface area (Å²) in [6.07, 6.45) is 3.92. The zero-order valence-corrected chi connectivity index (χ0v) is 15.0. The lowest BCUT2D eigenvalue weighted by Crippen LogP contribution is -2.40. The van der Waals surface area contributed by atoms with E-state index in [0.29, 0.717) is 13.2 Å². The van der Waals surface area contributed by atoms with E-state index >= 15 is 0 Å². The number of aryl methyl sites for hydroxylation is 1. The van der Waals surface area contributed by atoms with E-state index in [4.69, 9.17) is 13.9 Å². The Balaban J connectivity index is 2.28. The quantitative estimate of drug-likeness (QED) is 0.357. The van der Waals surface area contributed by atoms with Crippen molar-refractivity contribution in [2.24, 2.45) is 0 Å². The third-order valence-corrected chi connectivity index (χ3v) is 4.63. The minimum Gasteiger partial charge on any atom is -0.418 e. The first-order valence-corrected chi connectivity index (χ1v) is 8.99. The third-order valence-electron chi connectivity index (χ3n) is 3.20. The average molecular weight is 308 g/mol. The molecule has 1 aromatic carbocycles. The molecular formula is C17H28O3Si. The number of benzene rings is 1. The van der Waals surface area contributed by atoms with Gasteiger partial charge in [0.25, 0.3) is 0 Å². The number of hydrogen-bond donors (Lipinski definition) is 0. The molecule has 0 aliphatic rings. The normalized spacial score (nSPS) is 12.1. The van der Waals surface area contributed by atoms with Gasteiger partial charge >= 0.3 is 0 Å². The van der Waals surface area contributed by atoms with Crippen molar-refractivity contribution >= 4 is 15.8 Å². The fraction of sp³-hybridized carbons (Fsp3) is 0.529. The van der Waals surface area contributed by atoms with Gasteiger partial charge < -0.3 is 13.9 Å². The van der Waals surface area contributed by atoms with Crippen LogP contribution in [0, 0.1) is 0 Å². The molecule has 4 heteroatoms. The number of ether oxygens (including phenoxy) is 2. The van der Waals surface area contributed by atoms with Crippen molar-refractivity contribution in [3.8, 4) is 0 Å². The first kappa shape index (κ1) is 18.1. The predicted octanol–water partition coefficient (Wildman–Crippen LogP) is 3.11. The van der Waals surface area contributed by atoms with Crippen LogP contribution in [0.4, 0.5) is 0 Å². The van der Waals surface area contributed by atoms with Gasteiger partial charge in [-0.1, -0.05) is 36.9 Å². The van der Waals surface area contributed by atoms with Gasteiger partial charge in [-0.25, -0.2) is 0 Å². The SMILES string of the molecule is C=Cc1cccc(CCCO[SiH2]C(C)(OCC)OCC)c1. The molecule has 0 fully saturated rings. The summed E-state index contributed by atoms with van der Waals surface area (Å²) in [7, 11) is -0.866. The summed E-state index contributed by atoms with van der Waals surface area (Å²) < 4.78 is 17.2. The number of hydrogen-bond acceptors (Lipinski definition) is 3. The molecule has 0 saturated heterocycles. The highest BCUT2D eigenvalue weighted by Gasteiger charge is 2.25. The van der Waals surface area contributed by atoms with Crippen molar-refractivity contribution in [3.63, 3.8) is 0 Å². The van der Waals surface area contributed by atoms with Crippen LogP contribution in [-0.4, -0.2) is 35.0 Å². The Hall–Kier alpha value is -0.943. The zero-order valence-electron chi connectivity index (χ0n) is 13.6. The Morgan fingerprint density at radius 3 is 2.57 bits per heavy atom. The van der Waals surface area contributed by atoms with Crippen LogP contribution in [0.3, 0.4) is 0 Å². The van der Waals surface area contributed by atoms with Crippen LogP contribution in [0.1, 0.15) is 38.3 Å². The Bertz CT molecular complexity index is 414. The van der Waals surface area contributed by atoms with Gasteiger partial charge in [-0.3, -0.25) is 0 Å². The van der Waals surface area contributed by atoms with E-state index in [1.807, 2.05) is 26.8 Å². The van der Waals surface area contributed by atoms with Gasteiger partial charge in [0, 0.05) is 19.8 Å². The van der Waals surface area contributed by atoms with Crippen LogP contribution >= 0.6 is 0 Å². The molecule has 118 valence electrons. The van der Waals surface area contributed by atoms with Crippen LogP contribution in [0.5, 0.6) is 0 Å². The molecule has 3 nitrogen and oxygen atoms in total. The molecule has 0 N–H and O–H groups in total. The Kier molecular flexibility index (Phi) is 8.53. The molecule has 21 heavy (non-hydrogen) atoms. The molecule has 1 aromatic rings. The van der Waals surface area contributed by atoms with Crippen molar-refractivity contribution < 1.29 is 13.9 Å². The maximum Gasteiger partial charge on any atom is 0.227 e. The van der Waals surface area contributed by atoms with Crippen LogP contribution in [0.15, 0.2) is 30.8 Å². The van der Waals surface area contributed by atoms with E-state index in [1.165, 1.54) is 11.1 Å². The van der Waals surface area contributed by atoms with Gasteiger partial charge in [0.05, 0.1) is 0 Å².